The number of nitrogens with one attached hydrogen (secondary N) is 1. The maximum Gasteiger partial charge on any atom is 0.311 e. The molecular weight excluding hydrogens is 250 g/mol. The Morgan fingerprint density at radius 2 is 2.05 bits per heavy atom. The van der Waals surface area contributed by atoms with E-state index in [1.54, 1.807) is 0 Å². The Morgan fingerprint density at radius 3 is 2.68 bits per heavy atom. The van der Waals surface area contributed by atoms with Gasteiger partial charge in [-0.15, -0.1) is 0 Å². The number of hydrogen-bond acceptors (Lipinski definition) is 5. The lowest BCUT2D eigenvalue weighted by molar-refractivity contribution is -0.145. The van der Waals surface area contributed by atoms with Crippen LogP contribution in [0.5, 0.6) is 0 Å². The summed E-state index contributed by atoms with van der Waals surface area (Å²) in [7, 11) is 1.49. The molecule has 7 nitrogen and oxygen atoms in total. The first kappa shape index (κ1) is 15.9. The molecular formula is C12H23N3O4. The van der Waals surface area contributed by atoms with E-state index in [1.807, 2.05) is 0 Å². The van der Waals surface area contributed by atoms with Crippen molar-refractivity contribution < 1.29 is 19.4 Å². The maximum atomic E-state index is 11.5. The van der Waals surface area contributed by atoms with Crippen molar-refractivity contribution in [1.29, 1.82) is 0 Å². The molecule has 0 aromatic carbocycles. The zero-order chi connectivity index (χ0) is 14.1. The summed E-state index contributed by atoms with van der Waals surface area (Å²) < 4.78 is 5.24. The Morgan fingerprint density at radius 1 is 1.37 bits per heavy atom. The summed E-state index contributed by atoms with van der Waals surface area (Å²) >= 11 is 0. The number of amides is 2. The molecule has 0 bridgehead atoms. The summed E-state index contributed by atoms with van der Waals surface area (Å²) in [5.74, 6) is -1.22. The van der Waals surface area contributed by atoms with Gasteiger partial charge in [0.25, 0.3) is 0 Å². The average Bonchev–Trinajstić information content (AvgIpc) is 2.44. The molecule has 0 unspecified atom stereocenters. The van der Waals surface area contributed by atoms with Crippen molar-refractivity contribution >= 4 is 11.8 Å². The second kappa shape index (κ2) is 8.84. The number of rotatable bonds is 6. The van der Waals surface area contributed by atoms with Gasteiger partial charge in [-0.05, 0) is 13.0 Å². The van der Waals surface area contributed by atoms with Gasteiger partial charge in [0.1, 0.15) is 0 Å². The summed E-state index contributed by atoms with van der Waals surface area (Å²) in [6, 6.07) is 0. The first-order valence-electron chi connectivity index (χ1n) is 6.59. The first-order valence-corrected chi connectivity index (χ1v) is 6.59. The van der Waals surface area contributed by atoms with Crippen molar-refractivity contribution in [2.75, 3.05) is 59.6 Å². The van der Waals surface area contributed by atoms with E-state index in [2.05, 4.69) is 10.2 Å². The number of carbonyl (C=O) groups excluding carboxylic acids is 2. The van der Waals surface area contributed by atoms with Crippen molar-refractivity contribution in [3.8, 4) is 0 Å². The highest BCUT2D eigenvalue weighted by molar-refractivity contribution is 6.34. The van der Waals surface area contributed by atoms with Crippen LogP contribution in [0, 0.1) is 0 Å². The third-order valence-corrected chi connectivity index (χ3v) is 3.02. The van der Waals surface area contributed by atoms with E-state index in [0.717, 1.165) is 39.3 Å². The van der Waals surface area contributed by atoms with Crippen LogP contribution >= 0.6 is 0 Å². The molecule has 0 aromatic rings. The second-order valence-electron chi connectivity index (χ2n) is 4.51. The number of carbonyl (C=O) groups is 2. The van der Waals surface area contributed by atoms with Gasteiger partial charge >= 0.3 is 11.8 Å². The van der Waals surface area contributed by atoms with Crippen LogP contribution < -0.4 is 5.32 Å². The Labute approximate surface area is 113 Å². The summed E-state index contributed by atoms with van der Waals surface area (Å²) in [5, 5.41) is 11.3. The zero-order valence-corrected chi connectivity index (χ0v) is 11.4. The standard InChI is InChI=1S/C12H23N3O4/c1-14(5-8-16)12(18)11(17)13-3-2-4-15-6-9-19-10-7-15/h16H,2-10H2,1H3,(H,13,17). The van der Waals surface area contributed by atoms with Crippen LogP contribution in [0.2, 0.25) is 0 Å². The molecule has 1 heterocycles. The van der Waals surface area contributed by atoms with Crippen molar-refractivity contribution in [3.63, 3.8) is 0 Å². The zero-order valence-electron chi connectivity index (χ0n) is 11.4. The minimum absolute atomic E-state index is 0.146. The molecule has 0 radical (unpaired) electrons. The predicted molar refractivity (Wildman–Crippen MR) is 69.6 cm³/mol. The van der Waals surface area contributed by atoms with Gasteiger partial charge < -0.3 is 20.1 Å². The summed E-state index contributed by atoms with van der Waals surface area (Å²) in [6.07, 6.45) is 0.808. The van der Waals surface area contributed by atoms with Crippen LogP contribution in [0.4, 0.5) is 0 Å². The number of nitrogens with zero attached hydrogens (tertiary/aromatic N) is 2. The van der Waals surface area contributed by atoms with Gasteiger partial charge in [0.2, 0.25) is 0 Å². The number of aliphatic hydroxyl groups excluding tert-OH is 1. The molecule has 2 N–H and O–H groups in total. The van der Waals surface area contributed by atoms with Gasteiger partial charge in [0, 0.05) is 33.2 Å². The predicted octanol–water partition coefficient (Wildman–Crippen LogP) is -1.72. The van der Waals surface area contributed by atoms with E-state index in [1.165, 1.54) is 11.9 Å². The molecule has 0 atom stereocenters. The van der Waals surface area contributed by atoms with Crippen molar-refractivity contribution in [3.05, 3.63) is 0 Å². The Bertz CT molecular complexity index is 293. The highest BCUT2D eigenvalue weighted by Crippen LogP contribution is 1.97. The summed E-state index contributed by atoms with van der Waals surface area (Å²) in [6.45, 7) is 4.76. The monoisotopic (exact) mass is 273 g/mol. The number of morpholine rings is 1. The van der Waals surface area contributed by atoms with Crippen LogP contribution in [0.15, 0.2) is 0 Å². The van der Waals surface area contributed by atoms with Gasteiger partial charge in [-0.1, -0.05) is 0 Å². The highest BCUT2D eigenvalue weighted by atomic mass is 16.5. The molecule has 2 amide bonds. The van der Waals surface area contributed by atoms with Crippen LogP contribution in [0.3, 0.4) is 0 Å². The molecule has 1 saturated heterocycles. The van der Waals surface area contributed by atoms with Crippen LogP contribution in [0.1, 0.15) is 6.42 Å². The lowest BCUT2D eigenvalue weighted by atomic mass is 10.3. The van der Waals surface area contributed by atoms with Gasteiger partial charge in [-0.25, -0.2) is 0 Å². The molecule has 1 rings (SSSR count). The minimum atomic E-state index is -0.613. The van der Waals surface area contributed by atoms with Crippen LogP contribution in [-0.2, 0) is 14.3 Å². The van der Waals surface area contributed by atoms with Gasteiger partial charge in [0.05, 0.1) is 19.8 Å². The fourth-order valence-electron chi connectivity index (χ4n) is 1.83. The summed E-state index contributed by atoms with van der Waals surface area (Å²) in [4.78, 5) is 26.5. The van der Waals surface area contributed by atoms with E-state index in [-0.39, 0.29) is 13.2 Å². The second-order valence-corrected chi connectivity index (χ2v) is 4.51. The van der Waals surface area contributed by atoms with Crippen LogP contribution in [0.25, 0.3) is 0 Å². The Hall–Kier alpha value is -1.18. The minimum Gasteiger partial charge on any atom is -0.395 e. The van der Waals surface area contributed by atoms with Crippen molar-refractivity contribution in [1.82, 2.24) is 15.1 Å². The molecule has 1 fully saturated rings. The van der Waals surface area contributed by atoms with E-state index >= 15 is 0 Å². The number of aliphatic hydroxyl groups is 1. The molecule has 1 aliphatic rings. The molecule has 0 saturated carbocycles. The van der Waals surface area contributed by atoms with Crippen molar-refractivity contribution in [2.45, 2.75) is 6.42 Å². The van der Waals surface area contributed by atoms with Gasteiger partial charge in [-0.3, -0.25) is 14.5 Å². The Kier molecular flexibility index (Phi) is 7.39. The molecule has 0 aliphatic carbocycles. The quantitative estimate of drug-likeness (QED) is 0.444. The van der Waals surface area contributed by atoms with Crippen molar-refractivity contribution in [2.24, 2.45) is 0 Å². The van der Waals surface area contributed by atoms with E-state index < -0.39 is 11.8 Å². The lowest BCUT2D eigenvalue weighted by Gasteiger charge is -2.26. The van der Waals surface area contributed by atoms with Gasteiger partial charge in [-0.2, -0.15) is 0 Å². The highest BCUT2D eigenvalue weighted by Gasteiger charge is 2.17. The number of hydrogen-bond donors (Lipinski definition) is 2. The first-order chi connectivity index (χ1) is 9.15. The molecule has 19 heavy (non-hydrogen) atoms. The number of likely N-dealkylation sites (N-methyl/N-ethyl adjacent to an activating group) is 1. The number of ether oxygens (including phenoxy) is 1. The van der Waals surface area contributed by atoms with Crippen LogP contribution in [-0.4, -0.2) is 86.3 Å². The van der Waals surface area contributed by atoms with E-state index in [4.69, 9.17) is 9.84 Å². The Balaban J connectivity index is 2.10. The maximum absolute atomic E-state index is 11.5. The fourth-order valence-corrected chi connectivity index (χ4v) is 1.83. The topological polar surface area (TPSA) is 82.1 Å². The third-order valence-electron chi connectivity index (χ3n) is 3.02. The van der Waals surface area contributed by atoms with E-state index in [9.17, 15) is 9.59 Å². The molecule has 0 aromatic heterocycles. The smallest absolute Gasteiger partial charge is 0.311 e. The summed E-state index contributed by atoms with van der Waals surface area (Å²) in [5.41, 5.74) is 0. The van der Waals surface area contributed by atoms with Gasteiger partial charge in [0.15, 0.2) is 0 Å². The molecule has 110 valence electrons. The fraction of sp³-hybridized carbons (Fsp3) is 0.833. The largest absolute Gasteiger partial charge is 0.395 e. The van der Waals surface area contributed by atoms with E-state index in [0.29, 0.717) is 6.54 Å². The SMILES string of the molecule is CN(CCO)C(=O)C(=O)NCCCN1CCOCC1. The third kappa shape index (κ3) is 6.00. The molecule has 1 aliphatic heterocycles. The molecule has 0 spiro atoms. The molecule has 7 heteroatoms. The lowest BCUT2D eigenvalue weighted by Crippen LogP contribution is -2.43. The average molecular weight is 273 g/mol. The normalized spacial score (nSPS) is 16.1.